The van der Waals surface area contributed by atoms with Crippen LogP contribution in [0.3, 0.4) is 0 Å². The lowest BCUT2D eigenvalue weighted by Crippen LogP contribution is -2.52. The van der Waals surface area contributed by atoms with Crippen molar-refractivity contribution in [1.29, 1.82) is 0 Å². The van der Waals surface area contributed by atoms with E-state index in [0.717, 1.165) is 5.56 Å². The molecule has 3 N–H and O–H groups in total. The molecule has 1 aromatic carbocycles. The molecule has 3 nitrogen and oxygen atoms in total. The molecular formula is C12H19FN2O. The smallest absolute Gasteiger partial charge is 0.123 e. The van der Waals surface area contributed by atoms with Crippen molar-refractivity contribution in [1.82, 2.24) is 5.43 Å². The standard InChI is InChI=1S/C12H19FN2O/c1-12(2,16-3)11(15-14)8-9-5-4-6-10(13)7-9/h4-7,11,15H,8,14H2,1-3H3. The van der Waals surface area contributed by atoms with Crippen LogP contribution in [0.25, 0.3) is 0 Å². The predicted molar refractivity (Wildman–Crippen MR) is 62.3 cm³/mol. The number of ether oxygens (including phenoxy) is 1. The van der Waals surface area contributed by atoms with Crippen molar-refractivity contribution in [2.75, 3.05) is 7.11 Å². The molecule has 0 bridgehead atoms. The second kappa shape index (κ2) is 5.39. The van der Waals surface area contributed by atoms with Crippen LogP contribution in [0, 0.1) is 5.82 Å². The maximum atomic E-state index is 13.0. The largest absolute Gasteiger partial charge is 0.377 e. The molecule has 90 valence electrons. The number of halogens is 1. The Morgan fingerprint density at radius 1 is 1.50 bits per heavy atom. The molecule has 1 rings (SSSR count). The third kappa shape index (κ3) is 3.27. The SMILES string of the molecule is COC(C)(C)C(Cc1cccc(F)c1)NN. The highest BCUT2D eigenvalue weighted by Gasteiger charge is 2.28. The normalized spacial score (nSPS) is 13.8. The molecule has 0 amide bonds. The zero-order valence-corrected chi connectivity index (χ0v) is 9.96. The topological polar surface area (TPSA) is 47.3 Å². The van der Waals surface area contributed by atoms with Crippen molar-refractivity contribution in [2.24, 2.45) is 5.84 Å². The average molecular weight is 226 g/mol. The van der Waals surface area contributed by atoms with E-state index in [9.17, 15) is 4.39 Å². The summed E-state index contributed by atoms with van der Waals surface area (Å²) in [7, 11) is 1.63. The van der Waals surface area contributed by atoms with Crippen molar-refractivity contribution >= 4 is 0 Å². The minimum Gasteiger partial charge on any atom is -0.377 e. The van der Waals surface area contributed by atoms with Crippen LogP contribution in [0.1, 0.15) is 19.4 Å². The molecule has 16 heavy (non-hydrogen) atoms. The first kappa shape index (κ1) is 13.1. The van der Waals surface area contributed by atoms with Crippen LogP contribution in [0.5, 0.6) is 0 Å². The minimum absolute atomic E-state index is 0.0701. The van der Waals surface area contributed by atoms with E-state index < -0.39 is 5.60 Å². The molecule has 0 aliphatic heterocycles. The number of methoxy groups -OCH3 is 1. The van der Waals surface area contributed by atoms with Crippen LogP contribution in [0.15, 0.2) is 24.3 Å². The molecule has 0 saturated heterocycles. The highest BCUT2D eigenvalue weighted by Crippen LogP contribution is 2.17. The quantitative estimate of drug-likeness (QED) is 0.592. The lowest BCUT2D eigenvalue weighted by Gasteiger charge is -2.32. The predicted octanol–water partition coefficient (Wildman–Crippen LogP) is 1.63. The fraction of sp³-hybridized carbons (Fsp3) is 0.500. The fourth-order valence-corrected chi connectivity index (χ4v) is 1.55. The Morgan fingerprint density at radius 3 is 2.69 bits per heavy atom. The number of hydrazine groups is 1. The van der Waals surface area contributed by atoms with Gasteiger partial charge in [-0.25, -0.2) is 4.39 Å². The Labute approximate surface area is 95.8 Å². The van der Waals surface area contributed by atoms with Gasteiger partial charge in [0.05, 0.1) is 11.6 Å². The van der Waals surface area contributed by atoms with Gasteiger partial charge in [-0.15, -0.1) is 0 Å². The summed E-state index contributed by atoms with van der Waals surface area (Å²) in [6.45, 7) is 3.88. The highest BCUT2D eigenvalue weighted by molar-refractivity contribution is 5.18. The second-order valence-corrected chi connectivity index (χ2v) is 4.36. The van der Waals surface area contributed by atoms with Gasteiger partial charge < -0.3 is 4.74 Å². The molecule has 0 saturated carbocycles. The van der Waals surface area contributed by atoms with Crippen molar-refractivity contribution < 1.29 is 9.13 Å². The molecule has 0 fully saturated rings. The van der Waals surface area contributed by atoms with Crippen LogP contribution in [0.2, 0.25) is 0 Å². The zero-order chi connectivity index (χ0) is 12.2. The molecule has 1 atom stereocenters. The Hall–Kier alpha value is -0.970. The molecule has 0 heterocycles. The van der Waals surface area contributed by atoms with E-state index >= 15 is 0 Å². The van der Waals surface area contributed by atoms with Crippen molar-refractivity contribution in [3.8, 4) is 0 Å². The van der Waals surface area contributed by atoms with E-state index in [1.165, 1.54) is 12.1 Å². The Bertz CT molecular complexity index is 342. The minimum atomic E-state index is -0.402. The summed E-state index contributed by atoms with van der Waals surface area (Å²) >= 11 is 0. The zero-order valence-electron chi connectivity index (χ0n) is 9.96. The molecule has 0 aromatic heterocycles. The van der Waals surface area contributed by atoms with Gasteiger partial charge in [0.2, 0.25) is 0 Å². The van der Waals surface area contributed by atoms with Crippen molar-refractivity contribution in [2.45, 2.75) is 31.9 Å². The van der Waals surface area contributed by atoms with Gasteiger partial charge in [-0.2, -0.15) is 0 Å². The molecule has 0 radical (unpaired) electrons. The lowest BCUT2D eigenvalue weighted by atomic mass is 9.93. The number of nitrogens with one attached hydrogen (secondary N) is 1. The van der Waals surface area contributed by atoms with Crippen molar-refractivity contribution in [3.63, 3.8) is 0 Å². The number of hydrogen-bond acceptors (Lipinski definition) is 3. The fourth-order valence-electron chi connectivity index (χ4n) is 1.55. The Morgan fingerprint density at radius 2 is 2.19 bits per heavy atom. The molecule has 0 aliphatic rings. The molecule has 0 aliphatic carbocycles. The maximum absolute atomic E-state index is 13.0. The molecule has 1 aromatic rings. The van der Waals surface area contributed by atoms with E-state index in [1.54, 1.807) is 13.2 Å². The van der Waals surface area contributed by atoms with Crippen LogP contribution in [-0.2, 0) is 11.2 Å². The highest BCUT2D eigenvalue weighted by atomic mass is 19.1. The van der Waals surface area contributed by atoms with Gasteiger partial charge >= 0.3 is 0 Å². The first-order chi connectivity index (χ1) is 7.49. The molecular weight excluding hydrogens is 207 g/mol. The molecule has 1 unspecified atom stereocenters. The van der Waals surface area contributed by atoms with Gasteiger partial charge in [0.1, 0.15) is 5.82 Å². The van der Waals surface area contributed by atoms with Gasteiger partial charge in [-0.05, 0) is 38.0 Å². The van der Waals surface area contributed by atoms with Crippen LogP contribution in [0.4, 0.5) is 4.39 Å². The summed E-state index contributed by atoms with van der Waals surface area (Å²) in [5, 5.41) is 0. The molecule has 4 heteroatoms. The van der Waals surface area contributed by atoms with E-state index in [-0.39, 0.29) is 11.9 Å². The summed E-state index contributed by atoms with van der Waals surface area (Å²) < 4.78 is 18.4. The average Bonchev–Trinajstić information content (AvgIpc) is 2.25. The third-order valence-corrected chi connectivity index (χ3v) is 2.90. The summed E-state index contributed by atoms with van der Waals surface area (Å²) in [6.07, 6.45) is 0.620. The Kier molecular flexibility index (Phi) is 4.41. The summed E-state index contributed by atoms with van der Waals surface area (Å²) in [5.41, 5.74) is 3.21. The van der Waals surface area contributed by atoms with E-state index in [4.69, 9.17) is 10.6 Å². The van der Waals surface area contributed by atoms with Gasteiger partial charge in [0.15, 0.2) is 0 Å². The summed E-state index contributed by atoms with van der Waals surface area (Å²) in [5.74, 6) is 5.26. The third-order valence-electron chi connectivity index (χ3n) is 2.90. The van der Waals surface area contributed by atoms with Gasteiger partial charge in [-0.3, -0.25) is 11.3 Å². The van der Waals surface area contributed by atoms with Crippen LogP contribution in [-0.4, -0.2) is 18.8 Å². The van der Waals surface area contributed by atoms with Crippen molar-refractivity contribution in [3.05, 3.63) is 35.6 Å². The first-order valence-electron chi connectivity index (χ1n) is 5.25. The van der Waals surface area contributed by atoms with Gasteiger partial charge in [0, 0.05) is 7.11 Å². The second-order valence-electron chi connectivity index (χ2n) is 4.36. The summed E-state index contributed by atoms with van der Waals surface area (Å²) in [4.78, 5) is 0. The molecule has 0 spiro atoms. The number of hydrogen-bond donors (Lipinski definition) is 2. The van der Waals surface area contributed by atoms with Gasteiger partial charge in [-0.1, -0.05) is 12.1 Å². The van der Waals surface area contributed by atoms with E-state index in [2.05, 4.69) is 5.43 Å². The monoisotopic (exact) mass is 226 g/mol. The maximum Gasteiger partial charge on any atom is 0.123 e. The number of nitrogens with two attached hydrogens (primary N) is 1. The van der Waals surface area contributed by atoms with Gasteiger partial charge in [0.25, 0.3) is 0 Å². The first-order valence-corrected chi connectivity index (χ1v) is 5.25. The van der Waals surface area contributed by atoms with E-state index in [0.29, 0.717) is 6.42 Å². The van der Waals surface area contributed by atoms with Crippen LogP contribution < -0.4 is 11.3 Å². The Balaban J connectivity index is 2.78. The van der Waals surface area contributed by atoms with Crippen LogP contribution >= 0.6 is 0 Å². The lowest BCUT2D eigenvalue weighted by molar-refractivity contribution is -0.0101. The number of benzene rings is 1. The summed E-state index contributed by atoms with van der Waals surface area (Å²) in [6, 6.07) is 6.43. The van der Waals surface area contributed by atoms with E-state index in [1.807, 2.05) is 19.9 Å². The number of rotatable bonds is 5.